The Morgan fingerprint density at radius 2 is 1.69 bits per heavy atom. The van der Waals surface area contributed by atoms with E-state index in [0.29, 0.717) is 0 Å². The van der Waals surface area contributed by atoms with Gasteiger partial charge in [-0.3, -0.25) is 24.5 Å². The number of nitrogens with zero attached hydrogens (tertiary/aromatic N) is 1. The summed E-state index contributed by atoms with van der Waals surface area (Å²) in [5, 5.41) is 10.7. The molecular weight excluding hydrogens is 214 g/mol. The monoisotopic (exact) mass is 219 g/mol. The van der Waals surface area contributed by atoms with E-state index in [1.54, 1.807) is 0 Å². The fourth-order valence-electron chi connectivity index (χ4n) is 1.65. The largest absolute Gasteiger partial charge is 0.304 e. The Labute approximate surface area is 89.0 Å². The maximum Gasteiger partial charge on any atom is 0.304 e. The topological polar surface area (TPSA) is 94.3 Å². The standard InChI is InChI=1S/C10H5NO5/c12-8-6-4-2-1-3-5(6)7(11(15)16)9(13)10(8)14/h1-4,7H. The Hall–Kier alpha value is -2.37. The molecule has 1 aliphatic carbocycles. The number of hydrogen-bond acceptors (Lipinski definition) is 5. The lowest BCUT2D eigenvalue weighted by atomic mass is 9.85. The molecule has 1 aliphatic rings. The minimum atomic E-state index is -1.75. The lowest BCUT2D eigenvalue weighted by Gasteiger charge is -2.15. The molecule has 0 saturated heterocycles. The molecule has 0 saturated carbocycles. The SMILES string of the molecule is O=C1C(=O)c2ccccc2C([N+](=O)[O-])C1=O. The van der Waals surface area contributed by atoms with Gasteiger partial charge in [-0.1, -0.05) is 24.3 Å². The van der Waals surface area contributed by atoms with Gasteiger partial charge in [0.15, 0.2) is 0 Å². The fraction of sp³-hybridized carbons (Fsp3) is 0.100. The van der Waals surface area contributed by atoms with Gasteiger partial charge in [-0.2, -0.15) is 0 Å². The van der Waals surface area contributed by atoms with Crippen molar-refractivity contribution < 1.29 is 19.3 Å². The smallest absolute Gasteiger partial charge is 0.285 e. The molecule has 2 rings (SSSR count). The highest BCUT2D eigenvalue weighted by Crippen LogP contribution is 2.27. The van der Waals surface area contributed by atoms with Crippen LogP contribution >= 0.6 is 0 Å². The van der Waals surface area contributed by atoms with Gasteiger partial charge in [0.1, 0.15) is 0 Å². The molecule has 16 heavy (non-hydrogen) atoms. The summed E-state index contributed by atoms with van der Waals surface area (Å²) in [6, 6.07) is 3.83. The van der Waals surface area contributed by atoms with Crippen molar-refractivity contribution in [2.24, 2.45) is 0 Å². The second kappa shape index (κ2) is 3.34. The summed E-state index contributed by atoms with van der Waals surface area (Å²) in [5.41, 5.74) is -0.0732. The van der Waals surface area contributed by atoms with Gasteiger partial charge in [0.05, 0.1) is 0 Å². The van der Waals surface area contributed by atoms with Crippen molar-refractivity contribution in [2.75, 3.05) is 0 Å². The fourth-order valence-corrected chi connectivity index (χ4v) is 1.65. The van der Waals surface area contributed by atoms with E-state index in [0.717, 1.165) is 0 Å². The average molecular weight is 219 g/mol. The number of rotatable bonds is 1. The molecule has 0 N–H and O–H groups in total. The van der Waals surface area contributed by atoms with Crippen molar-refractivity contribution in [1.82, 2.24) is 0 Å². The normalized spacial score (nSPS) is 19.5. The zero-order valence-corrected chi connectivity index (χ0v) is 7.88. The number of benzene rings is 1. The van der Waals surface area contributed by atoms with Gasteiger partial charge in [-0.15, -0.1) is 0 Å². The number of Topliss-reactive ketones (excluding diaryl/α,β-unsaturated/α-hetero) is 3. The molecule has 0 spiro atoms. The molecule has 80 valence electrons. The second-order valence-corrected chi connectivity index (χ2v) is 3.30. The molecule has 0 aromatic heterocycles. The lowest BCUT2D eigenvalue weighted by molar-refractivity contribution is -0.512. The summed E-state index contributed by atoms with van der Waals surface area (Å²) in [6.45, 7) is 0. The predicted octanol–water partition coefficient (Wildman–Crippen LogP) is 0.339. The third-order valence-corrected chi connectivity index (χ3v) is 2.39. The molecule has 0 bridgehead atoms. The van der Waals surface area contributed by atoms with Crippen molar-refractivity contribution in [2.45, 2.75) is 6.04 Å². The first-order valence-corrected chi connectivity index (χ1v) is 4.39. The van der Waals surface area contributed by atoms with Gasteiger partial charge in [-0.05, 0) is 0 Å². The lowest BCUT2D eigenvalue weighted by Crippen LogP contribution is -2.38. The average Bonchev–Trinajstić information content (AvgIpc) is 2.26. The van der Waals surface area contributed by atoms with Gasteiger partial charge >= 0.3 is 6.04 Å². The van der Waals surface area contributed by atoms with Crippen LogP contribution in [0.15, 0.2) is 24.3 Å². The van der Waals surface area contributed by atoms with Crippen LogP contribution in [0, 0.1) is 10.1 Å². The van der Waals surface area contributed by atoms with Gasteiger partial charge in [-0.25, -0.2) is 0 Å². The predicted molar refractivity (Wildman–Crippen MR) is 50.5 cm³/mol. The summed E-state index contributed by atoms with van der Waals surface area (Å²) >= 11 is 0. The molecule has 1 atom stereocenters. The first kappa shape index (κ1) is 10.2. The minimum Gasteiger partial charge on any atom is -0.285 e. The van der Waals surface area contributed by atoms with E-state index in [1.165, 1.54) is 24.3 Å². The molecule has 6 nitrogen and oxygen atoms in total. The van der Waals surface area contributed by atoms with Gasteiger partial charge in [0, 0.05) is 16.1 Å². The van der Waals surface area contributed by atoms with E-state index < -0.39 is 28.3 Å². The van der Waals surface area contributed by atoms with Crippen LogP contribution in [0.5, 0.6) is 0 Å². The van der Waals surface area contributed by atoms with E-state index in [9.17, 15) is 24.5 Å². The minimum absolute atomic E-state index is 0.0119. The molecular formula is C10H5NO5. The van der Waals surface area contributed by atoms with Crippen LogP contribution in [0.1, 0.15) is 22.0 Å². The van der Waals surface area contributed by atoms with Crippen molar-refractivity contribution in [3.05, 3.63) is 45.5 Å². The van der Waals surface area contributed by atoms with E-state index in [2.05, 4.69) is 0 Å². The maximum absolute atomic E-state index is 11.4. The number of carbonyl (C=O) groups is 3. The molecule has 0 heterocycles. The summed E-state index contributed by atoms with van der Waals surface area (Å²) in [6.07, 6.45) is 0. The van der Waals surface area contributed by atoms with Crippen LogP contribution in [0.4, 0.5) is 0 Å². The quantitative estimate of drug-likeness (QED) is 0.385. The highest BCUT2D eigenvalue weighted by molar-refractivity contribution is 6.69. The summed E-state index contributed by atoms with van der Waals surface area (Å²) in [4.78, 5) is 43.8. The van der Waals surface area contributed by atoms with Gasteiger partial charge in [0.25, 0.3) is 11.6 Å². The van der Waals surface area contributed by atoms with Gasteiger partial charge < -0.3 is 0 Å². The van der Waals surface area contributed by atoms with Crippen LogP contribution in [0.25, 0.3) is 0 Å². The van der Waals surface area contributed by atoms with Crippen LogP contribution in [0.2, 0.25) is 0 Å². The van der Waals surface area contributed by atoms with E-state index >= 15 is 0 Å². The zero-order valence-electron chi connectivity index (χ0n) is 7.88. The zero-order chi connectivity index (χ0) is 11.9. The number of carbonyl (C=O) groups excluding carboxylic acids is 3. The summed E-state index contributed by atoms with van der Waals surface area (Å²) in [5.74, 6) is -3.56. The van der Waals surface area contributed by atoms with Crippen LogP contribution in [-0.4, -0.2) is 22.3 Å². The van der Waals surface area contributed by atoms with E-state index in [4.69, 9.17) is 0 Å². The van der Waals surface area contributed by atoms with Crippen molar-refractivity contribution in [3.8, 4) is 0 Å². The molecule has 0 radical (unpaired) electrons. The second-order valence-electron chi connectivity index (χ2n) is 3.30. The first-order valence-electron chi connectivity index (χ1n) is 4.39. The Kier molecular flexibility index (Phi) is 2.12. The van der Waals surface area contributed by atoms with Crippen molar-refractivity contribution in [3.63, 3.8) is 0 Å². The highest BCUT2D eigenvalue weighted by atomic mass is 16.6. The number of nitro groups is 1. The van der Waals surface area contributed by atoms with Crippen molar-refractivity contribution >= 4 is 17.3 Å². The van der Waals surface area contributed by atoms with Crippen molar-refractivity contribution in [1.29, 1.82) is 0 Å². The molecule has 0 fully saturated rings. The van der Waals surface area contributed by atoms with Gasteiger partial charge in [0.2, 0.25) is 5.78 Å². The summed E-state index contributed by atoms with van der Waals surface area (Å²) in [7, 11) is 0. The van der Waals surface area contributed by atoms with E-state index in [-0.39, 0.29) is 11.1 Å². The molecule has 6 heteroatoms. The molecule has 0 aliphatic heterocycles. The number of fused-ring (bicyclic) bond motifs is 1. The highest BCUT2D eigenvalue weighted by Gasteiger charge is 2.46. The first-order chi connectivity index (χ1) is 7.54. The molecule has 0 amide bonds. The molecule has 1 aromatic rings. The van der Waals surface area contributed by atoms with Crippen LogP contribution in [-0.2, 0) is 9.59 Å². The maximum atomic E-state index is 11.4. The third-order valence-electron chi connectivity index (χ3n) is 2.39. The molecule has 1 aromatic carbocycles. The van der Waals surface area contributed by atoms with E-state index in [1.807, 2.05) is 0 Å². The number of hydrogen-bond donors (Lipinski definition) is 0. The molecule has 1 unspecified atom stereocenters. The number of ketones is 3. The Balaban J connectivity index is 2.71. The third kappa shape index (κ3) is 1.23. The Morgan fingerprint density at radius 1 is 1.06 bits per heavy atom. The summed E-state index contributed by atoms with van der Waals surface area (Å²) < 4.78 is 0. The Morgan fingerprint density at radius 3 is 2.31 bits per heavy atom. The van der Waals surface area contributed by atoms with Crippen LogP contribution < -0.4 is 0 Å². The van der Waals surface area contributed by atoms with Crippen LogP contribution in [0.3, 0.4) is 0 Å². The Bertz CT molecular complexity index is 534.